The zero-order valence-electron chi connectivity index (χ0n) is 12.0. The van der Waals surface area contributed by atoms with E-state index >= 15 is 0 Å². The lowest BCUT2D eigenvalue weighted by Crippen LogP contribution is -2.29. The third-order valence-corrected chi connectivity index (χ3v) is 5.16. The SMILES string of the molecule is CN(CCc1ccccc1)CC1Cc2ccccc2S1. The lowest BCUT2D eigenvalue weighted by atomic mass is 10.1. The van der Waals surface area contributed by atoms with Crippen molar-refractivity contribution in [1.29, 1.82) is 0 Å². The van der Waals surface area contributed by atoms with E-state index in [9.17, 15) is 0 Å². The minimum Gasteiger partial charge on any atom is -0.305 e. The Kier molecular flexibility index (Phi) is 4.44. The smallest absolute Gasteiger partial charge is 0.0263 e. The molecule has 2 aromatic carbocycles. The molecule has 0 saturated carbocycles. The molecule has 1 nitrogen and oxygen atoms in total. The highest BCUT2D eigenvalue weighted by Gasteiger charge is 2.22. The molecule has 104 valence electrons. The summed E-state index contributed by atoms with van der Waals surface area (Å²) in [6, 6.07) is 19.6. The first-order valence-electron chi connectivity index (χ1n) is 7.28. The van der Waals surface area contributed by atoms with Gasteiger partial charge in [0.1, 0.15) is 0 Å². The van der Waals surface area contributed by atoms with Gasteiger partial charge in [0.05, 0.1) is 0 Å². The van der Waals surface area contributed by atoms with E-state index in [4.69, 9.17) is 0 Å². The van der Waals surface area contributed by atoms with E-state index in [0.29, 0.717) is 5.25 Å². The average molecular weight is 283 g/mol. The largest absolute Gasteiger partial charge is 0.305 e. The van der Waals surface area contributed by atoms with Crippen LogP contribution in [0.2, 0.25) is 0 Å². The Morgan fingerprint density at radius 1 is 1.05 bits per heavy atom. The standard InChI is InChI=1S/C18H21NS/c1-19(12-11-15-7-3-2-4-8-15)14-17-13-16-9-5-6-10-18(16)20-17/h2-10,17H,11-14H2,1H3. The number of likely N-dealkylation sites (N-methyl/N-ethyl adjacent to an activating group) is 1. The average Bonchev–Trinajstić information content (AvgIpc) is 2.88. The van der Waals surface area contributed by atoms with Crippen LogP contribution in [0.25, 0.3) is 0 Å². The second-order valence-electron chi connectivity index (χ2n) is 5.55. The molecule has 0 aliphatic carbocycles. The number of benzene rings is 2. The summed E-state index contributed by atoms with van der Waals surface area (Å²) in [6.45, 7) is 2.31. The maximum atomic E-state index is 2.47. The molecule has 0 N–H and O–H groups in total. The van der Waals surface area contributed by atoms with Crippen LogP contribution in [0.3, 0.4) is 0 Å². The molecule has 0 spiro atoms. The van der Waals surface area contributed by atoms with Crippen molar-refractivity contribution in [2.24, 2.45) is 0 Å². The molecular formula is C18H21NS. The summed E-state index contributed by atoms with van der Waals surface area (Å²) in [5, 5.41) is 0.716. The second kappa shape index (κ2) is 6.47. The zero-order valence-corrected chi connectivity index (χ0v) is 12.8. The summed E-state index contributed by atoms with van der Waals surface area (Å²) < 4.78 is 0. The van der Waals surface area contributed by atoms with Crippen LogP contribution in [0, 0.1) is 0 Å². The van der Waals surface area contributed by atoms with Gasteiger partial charge in [-0.3, -0.25) is 0 Å². The van der Waals surface area contributed by atoms with E-state index < -0.39 is 0 Å². The number of hydrogen-bond acceptors (Lipinski definition) is 2. The van der Waals surface area contributed by atoms with Crippen molar-refractivity contribution < 1.29 is 0 Å². The van der Waals surface area contributed by atoms with E-state index in [1.165, 1.54) is 29.0 Å². The van der Waals surface area contributed by atoms with Gasteiger partial charge in [-0.2, -0.15) is 0 Å². The fourth-order valence-electron chi connectivity index (χ4n) is 2.76. The van der Waals surface area contributed by atoms with E-state index in [2.05, 4.69) is 66.5 Å². The Balaban J connectivity index is 1.47. The monoisotopic (exact) mass is 283 g/mol. The summed E-state index contributed by atoms with van der Waals surface area (Å²) in [6.07, 6.45) is 2.36. The Morgan fingerprint density at radius 2 is 1.80 bits per heavy atom. The summed E-state index contributed by atoms with van der Waals surface area (Å²) in [4.78, 5) is 3.95. The summed E-state index contributed by atoms with van der Waals surface area (Å²) in [7, 11) is 2.24. The van der Waals surface area contributed by atoms with Gasteiger partial charge in [0.25, 0.3) is 0 Å². The van der Waals surface area contributed by atoms with Crippen molar-refractivity contribution in [3.8, 4) is 0 Å². The first-order valence-corrected chi connectivity index (χ1v) is 8.16. The van der Waals surface area contributed by atoms with Gasteiger partial charge in [-0.1, -0.05) is 48.5 Å². The fraction of sp³-hybridized carbons (Fsp3) is 0.333. The van der Waals surface area contributed by atoms with E-state index in [-0.39, 0.29) is 0 Å². The summed E-state index contributed by atoms with van der Waals surface area (Å²) in [5.74, 6) is 0. The number of rotatable bonds is 5. The first kappa shape index (κ1) is 13.7. The molecule has 2 aromatic rings. The highest BCUT2D eigenvalue weighted by molar-refractivity contribution is 8.00. The molecule has 1 aliphatic rings. The van der Waals surface area contributed by atoms with Gasteiger partial charge in [0.2, 0.25) is 0 Å². The van der Waals surface area contributed by atoms with Crippen LogP contribution in [0.5, 0.6) is 0 Å². The lowest BCUT2D eigenvalue weighted by molar-refractivity contribution is 0.339. The third-order valence-electron chi connectivity index (χ3n) is 3.85. The number of thioether (sulfide) groups is 1. The molecule has 1 atom stereocenters. The Bertz CT molecular complexity index is 527. The van der Waals surface area contributed by atoms with Gasteiger partial charge in [-0.15, -0.1) is 11.8 Å². The van der Waals surface area contributed by atoms with Gasteiger partial charge in [-0.05, 0) is 37.1 Å². The highest BCUT2D eigenvalue weighted by Crippen LogP contribution is 2.36. The summed E-state index contributed by atoms with van der Waals surface area (Å²) in [5.41, 5.74) is 2.96. The highest BCUT2D eigenvalue weighted by atomic mass is 32.2. The molecule has 1 heterocycles. The molecule has 0 saturated heterocycles. The Morgan fingerprint density at radius 3 is 2.60 bits per heavy atom. The van der Waals surface area contributed by atoms with Crippen LogP contribution in [0.1, 0.15) is 11.1 Å². The minimum atomic E-state index is 0.716. The van der Waals surface area contributed by atoms with Crippen molar-refractivity contribution in [2.45, 2.75) is 23.0 Å². The lowest BCUT2D eigenvalue weighted by Gasteiger charge is -2.20. The van der Waals surface area contributed by atoms with E-state index in [0.717, 1.165) is 13.0 Å². The van der Waals surface area contributed by atoms with Gasteiger partial charge >= 0.3 is 0 Å². The molecule has 0 amide bonds. The Labute approximate surface area is 126 Å². The molecule has 0 aromatic heterocycles. The van der Waals surface area contributed by atoms with Gasteiger partial charge < -0.3 is 4.90 Å². The molecule has 2 heteroatoms. The molecule has 0 fully saturated rings. The van der Waals surface area contributed by atoms with Crippen LogP contribution in [0.4, 0.5) is 0 Å². The molecular weight excluding hydrogens is 262 g/mol. The molecule has 1 aliphatic heterocycles. The number of nitrogens with zero attached hydrogens (tertiary/aromatic N) is 1. The van der Waals surface area contributed by atoms with E-state index in [1.807, 2.05) is 11.8 Å². The van der Waals surface area contributed by atoms with Crippen molar-refractivity contribution in [2.75, 3.05) is 20.1 Å². The topological polar surface area (TPSA) is 3.24 Å². The van der Waals surface area contributed by atoms with Crippen LogP contribution in [-0.4, -0.2) is 30.3 Å². The van der Waals surface area contributed by atoms with Gasteiger partial charge in [-0.25, -0.2) is 0 Å². The zero-order chi connectivity index (χ0) is 13.8. The predicted molar refractivity (Wildman–Crippen MR) is 87.4 cm³/mol. The molecule has 1 unspecified atom stereocenters. The summed E-state index contributed by atoms with van der Waals surface area (Å²) >= 11 is 2.04. The first-order chi connectivity index (χ1) is 9.81. The van der Waals surface area contributed by atoms with Crippen molar-refractivity contribution in [1.82, 2.24) is 4.90 Å². The predicted octanol–water partition coefficient (Wildman–Crippen LogP) is 3.88. The molecule has 0 radical (unpaired) electrons. The minimum absolute atomic E-state index is 0.716. The van der Waals surface area contributed by atoms with Gasteiger partial charge in [0, 0.05) is 23.2 Å². The quantitative estimate of drug-likeness (QED) is 0.819. The maximum absolute atomic E-state index is 2.47. The second-order valence-corrected chi connectivity index (χ2v) is 6.89. The number of hydrogen-bond donors (Lipinski definition) is 0. The van der Waals surface area contributed by atoms with Crippen molar-refractivity contribution in [3.05, 3.63) is 65.7 Å². The molecule has 0 bridgehead atoms. The Hall–Kier alpha value is -1.25. The molecule has 20 heavy (non-hydrogen) atoms. The number of fused-ring (bicyclic) bond motifs is 1. The van der Waals surface area contributed by atoms with Crippen molar-refractivity contribution >= 4 is 11.8 Å². The van der Waals surface area contributed by atoms with E-state index in [1.54, 1.807) is 0 Å². The van der Waals surface area contributed by atoms with Gasteiger partial charge in [0.15, 0.2) is 0 Å². The normalized spacial score (nSPS) is 17.4. The van der Waals surface area contributed by atoms with Crippen LogP contribution >= 0.6 is 11.8 Å². The van der Waals surface area contributed by atoms with Crippen molar-refractivity contribution in [3.63, 3.8) is 0 Å². The van der Waals surface area contributed by atoms with Crippen LogP contribution < -0.4 is 0 Å². The molecule has 3 rings (SSSR count). The fourth-order valence-corrected chi connectivity index (χ4v) is 4.17. The maximum Gasteiger partial charge on any atom is 0.0263 e. The van der Waals surface area contributed by atoms with Crippen LogP contribution in [0.15, 0.2) is 59.5 Å². The third kappa shape index (κ3) is 3.44. The van der Waals surface area contributed by atoms with Crippen LogP contribution in [-0.2, 0) is 12.8 Å².